The van der Waals surface area contributed by atoms with Crippen molar-refractivity contribution in [2.24, 2.45) is 0 Å². The van der Waals surface area contributed by atoms with Gasteiger partial charge in [0.05, 0.1) is 0 Å². The van der Waals surface area contributed by atoms with Crippen molar-refractivity contribution in [3.63, 3.8) is 0 Å². The molecule has 0 amide bonds. The van der Waals surface area contributed by atoms with Crippen molar-refractivity contribution in [1.82, 2.24) is 0 Å². The number of hydrogen-bond donors (Lipinski definition) is 1. The maximum Gasteiger partial charge on any atom is 0.328 e. The summed E-state index contributed by atoms with van der Waals surface area (Å²) in [4.78, 5) is 11.0. The molecule has 0 aromatic heterocycles. The molecule has 3 rings (SSSR count). The lowest BCUT2D eigenvalue weighted by Crippen LogP contribution is -2.81. The molecular weight excluding hydrogens is 280 g/mol. The third-order valence-corrected chi connectivity index (χ3v) is 9.40. The quantitative estimate of drug-likeness (QED) is 0.874. The second kappa shape index (κ2) is 4.82. The molecule has 1 N–H and O–H groups in total. The van der Waals surface area contributed by atoms with Gasteiger partial charge in [0.2, 0.25) is 0 Å². The fourth-order valence-corrected chi connectivity index (χ4v) is 8.41. The fourth-order valence-electron chi connectivity index (χ4n) is 3.50. The molecule has 1 aliphatic heterocycles. The molecule has 3 nitrogen and oxygen atoms in total. The second-order valence-electron chi connectivity index (χ2n) is 5.90. The van der Waals surface area contributed by atoms with E-state index in [0.29, 0.717) is 0 Å². The van der Waals surface area contributed by atoms with Gasteiger partial charge in [0.25, 0.3) is 8.32 Å². The first kappa shape index (κ1) is 14.0. The molecule has 1 heterocycles. The Hall–Kier alpha value is -1.91. The largest absolute Gasteiger partial charge is 0.480 e. The monoisotopic (exact) mass is 298 g/mol. The van der Waals surface area contributed by atoms with Crippen molar-refractivity contribution in [2.75, 3.05) is 6.61 Å². The van der Waals surface area contributed by atoms with E-state index < -0.39 is 14.3 Å². The average molecular weight is 298 g/mol. The third kappa shape index (κ3) is 1.87. The number of carboxylic acids is 1. The zero-order valence-corrected chi connectivity index (χ0v) is 13.2. The Kier molecular flexibility index (Phi) is 3.23. The van der Waals surface area contributed by atoms with Crippen LogP contribution in [0.4, 0.5) is 0 Å². The van der Waals surface area contributed by atoms with Crippen LogP contribution in [0.25, 0.3) is 0 Å². The summed E-state index contributed by atoms with van der Waals surface area (Å²) in [5.74, 6) is -0.919. The highest BCUT2D eigenvalue weighted by molar-refractivity contribution is 7.03. The molecular formula is C17H18O3Si. The van der Waals surface area contributed by atoms with Gasteiger partial charge in [0.1, 0.15) is 6.61 Å². The Morgan fingerprint density at radius 2 is 1.71 bits per heavy atom. The van der Waals surface area contributed by atoms with E-state index in [-0.39, 0.29) is 11.6 Å². The van der Waals surface area contributed by atoms with Crippen molar-refractivity contribution in [2.45, 2.75) is 18.9 Å². The third-order valence-electron chi connectivity index (χ3n) is 4.45. The van der Waals surface area contributed by atoms with Crippen molar-refractivity contribution >= 4 is 24.7 Å². The fraction of sp³-hybridized carbons (Fsp3) is 0.235. The summed E-state index contributed by atoms with van der Waals surface area (Å²) in [6.45, 7) is 4.08. The molecule has 0 saturated heterocycles. The zero-order chi connectivity index (χ0) is 15.1. The van der Waals surface area contributed by atoms with Gasteiger partial charge in [-0.25, -0.2) is 4.79 Å². The summed E-state index contributed by atoms with van der Waals surface area (Å²) in [5.41, 5.74) is 1.27. The Bertz CT molecular complexity index is 681. The number of rotatable bonds is 4. The van der Waals surface area contributed by atoms with Gasteiger partial charge < -0.3 is 9.53 Å². The molecule has 21 heavy (non-hydrogen) atoms. The van der Waals surface area contributed by atoms with Gasteiger partial charge in [-0.3, -0.25) is 0 Å². The normalized spacial score (nSPS) is 22.2. The maximum absolute atomic E-state index is 11.0. The van der Waals surface area contributed by atoms with E-state index in [2.05, 4.69) is 38.1 Å². The lowest BCUT2D eigenvalue weighted by Gasteiger charge is -2.54. The van der Waals surface area contributed by atoms with Gasteiger partial charge >= 0.3 is 5.97 Å². The van der Waals surface area contributed by atoms with E-state index in [1.807, 2.05) is 30.3 Å². The Morgan fingerprint density at radius 3 is 2.38 bits per heavy atom. The highest BCUT2D eigenvalue weighted by Gasteiger charge is 2.63. The van der Waals surface area contributed by atoms with Gasteiger partial charge in [-0.2, -0.15) is 0 Å². The smallest absolute Gasteiger partial charge is 0.328 e. The van der Waals surface area contributed by atoms with E-state index >= 15 is 0 Å². The predicted octanol–water partition coefficient (Wildman–Crippen LogP) is 1.68. The van der Waals surface area contributed by atoms with Crippen LogP contribution in [0.5, 0.6) is 0 Å². The number of aliphatic carboxylic acids is 1. The Morgan fingerprint density at radius 1 is 1.10 bits per heavy atom. The van der Waals surface area contributed by atoms with Crippen LogP contribution < -0.4 is 10.4 Å². The van der Waals surface area contributed by atoms with Crippen molar-refractivity contribution in [1.29, 1.82) is 0 Å². The van der Waals surface area contributed by atoms with Crippen LogP contribution in [-0.4, -0.2) is 26.0 Å². The minimum absolute atomic E-state index is 0.138. The van der Waals surface area contributed by atoms with Crippen LogP contribution in [0.3, 0.4) is 0 Å². The number of benzene rings is 2. The van der Waals surface area contributed by atoms with E-state index in [1.54, 1.807) is 0 Å². The van der Waals surface area contributed by atoms with E-state index in [4.69, 9.17) is 9.53 Å². The van der Waals surface area contributed by atoms with Crippen molar-refractivity contribution in [3.05, 3.63) is 60.2 Å². The molecule has 108 valence electrons. The van der Waals surface area contributed by atoms with Gasteiger partial charge in [0, 0.05) is 5.04 Å². The molecule has 4 heteroatoms. The molecule has 1 unspecified atom stereocenters. The molecule has 1 aliphatic rings. The van der Waals surface area contributed by atoms with Gasteiger partial charge in [-0.15, -0.1) is 0 Å². The van der Waals surface area contributed by atoms with Crippen LogP contribution in [0, 0.1) is 0 Å². The summed E-state index contributed by atoms with van der Waals surface area (Å²) in [6, 6.07) is 18.3. The predicted molar refractivity (Wildman–Crippen MR) is 84.5 cm³/mol. The van der Waals surface area contributed by atoms with Crippen LogP contribution >= 0.6 is 0 Å². The Balaban J connectivity index is 2.17. The van der Waals surface area contributed by atoms with Crippen LogP contribution in [0.2, 0.25) is 0 Å². The second-order valence-corrected chi connectivity index (χ2v) is 9.92. The highest BCUT2D eigenvalue weighted by Crippen LogP contribution is 2.42. The Labute approximate surface area is 125 Å². The zero-order valence-electron chi connectivity index (χ0n) is 12.2. The molecule has 0 bridgehead atoms. The molecule has 2 aromatic carbocycles. The number of hydrogen-bond acceptors (Lipinski definition) is 2. The molecule has 0 spiro atoms. The molecule has 0 radical (unpaired) electrons. The first-order valence-electron chi connectivity index (χ1n) is 7.01. The van der Waals surface area contributed by atoms with Crippen molar-refractivity contribution in [3.8, 4) is 0 Å². The maximum atomic E-state index is 11.0. The highest BCUT2D eigenvalue weighted by atomic mass is 28.4. The van der Waals surface area contributed by atoms with E-state index in [1.165, 1.54) is 10.8 Å². The van der Waals surface area contributed by atoms with Crippen LogP contribution in [0.15, 0.2) is 54.6 Å². The summed E-state index contributed by atoms with van der Waals surface area (Å²) in [7, 11) is -2.51. The molecule has 1 atom stereocenters. The first-order valence-corrected chi connectivity index (χ1v) is 8.92. The summed E-state index contributed by atoms with van der Waals surface area (Å²) >= 11 is 0. The lowest BCUT2D eigenvalue weighted by atomic mass is 10.0. The standard InChI is InChI=1S/C17H18O3Si/c1-17(2)14-10-6-7-11-15(14)21(17,20-12-16(18)19)13-8-4-3-5-9-13/h3-11H,12H2,1-2H3,(H,18,19). The van der Waals surface area contributed by atoms with E-state index in [9.17, 15) is 4.79 Å². The van der Waals surface area contributed by atoms with Gasteiger partial charge in [0.15, 0.2) is 0 Å². The van der Waals surface area contributed by atoms with Gasteiger partial charge in [-0.1, -0.05) is 68.4 Å². The summed E-state index contributed by atoms with van der Waals surface area (Å²) in [5, 5.41) is 11.3. The first-order chi connectivity index (χ1) is 10.00. The summed E-state index contributed by atoms with van der Waals surface area (Å²) in [6.07, 6.45) is 0. The van der Waals surface area contributed by atoms with Crippen molar-refractivity contribution < 1.29 is 14.3 Å². The number of fused-ring (bicyclic) bond motifs is 1. The SMILES string of the molecule is CC1(C)c2ccccc2[Si]1(OCC(=O)O)c1ccccc1. The molecule has 0 aliphatic carbocycles. The molecule has 2 aromatic rings. The average Bonchev–Trinajstić information content (AvgIpc) is 2.48. The minimum Gasteiger partial charge on any atom is -0.480 e. The molecule has 0 saturated carbocycles. The van der Waals surface area contributed by atoms with Crippen LogP contribution in [-0.2, 0) is 14.3 Å². The van der Waals surface area contributed by atoms with E-state index in [0.717, 1.165) is 5.19 Å². The minimum atomic E-state index is -2.51. The van der Waals surface area contributed by atoms with Crippen LogP contribution in [0.1, 0.15) is 19.4 Å². The summed E-state index contributed by atoms with van der Waals surface area (Å²) < 4.78 is 6.09. The molecule has 0 fully saturated rings. The topological polar surface area (TPSA) is 46.5 Å². The number of carbonyl (C=O) groups is 1. The lowest BCUT2D eigenvalue weighted by molar-refractivity contribution is -0.139. The number of carboxylic acid groups (broad SMARTS) is 1. The van der Waals surface area contributed by atoms with Gasteiger partial charge in [-0.05, 0) is 15.9 Å².